The molecule has 1 heterocycles. The van der Waals surface area contributed by atoms with Gasteiger partial charge in [0.15, 0.2) is 4.80 Å². The summed E-state index contributed by atoms with van der Waals surface area (Å²) in [7, 11) is 1.26. The van der Waals surface area contributed by atoms with Crippen molar-refractivity contribution in [1.82, 2.24) is 8.87 Å². The minimum atomic E-state index is -3.63. The fraction of sp³-hybridized carbons (Fsp3) is 0.211. The van der Waals surface area contributed by atoms with E-state index < -0.39 is 10.0 Å². The zero-order valence-electron chi connectivity index (χ0n) is 15.9. The molecule has 3 rings (SSSR count). The molecule has 0 aliphatic carbocycles. The van der Waals surface area contributed by atoms with Crippen molar-refractivity contribution in [2.75, 3.05) is 14.1 Å². The van der Waals surface area contributed by atoms with Gasteiger partial charge in [-0.3, -0.25) is 0 Å². The largest absolute Gasteiger partial charge is 0.320 e. The summed E-state index contributed by atoms with van der Waals surface area (Å²) in [6.07, 6.45) is 0. The molecule has 0 aliphatic rings. The van der Waals surface area contributed by atoms with E-state index in [1.807, 2.05) is 54.3 Å². The molecule has 150 valence electrons. The molecule has 0 saturated carbocycles. The molecule has 0 saturated heterocycles. The van der Waals surface area contributed by atoms with Gasteiger partial charge in [0, 0.05) is 32.1 Å². The molecule has 0 spiro atoms. The normalized spacial score (nSPS) is 12.3. The highest BCUT2D eigenvalue weighted by Crippen LogP contribution is 2.29. The number of para-hydroxylation sites is 1. The first kappa shape index (κ1) is 22.8. The molecule has 0 atom stereocenters. The molecular weight excluding hydrogens is 482 g/mol. The number of aromatic nitrogens is 1. The van der Waals surface area contributed by atoms with Crippen LogP contribution in [0.5, 0.6) is 0 Å². The summed E-state index contributed by atoms with van der Waals surface area (Å²) < 4.78 is 28.2. The van der Waals surface area contributed by atoms with E-state index in [0.29, 0.717) is 0 Å². The van der Waals surface area contributed by atoms with Crippen molar-refractivity contribution in [3.05, 3.63) is 63.2 Å². The molecular formula is C19H21BrClN3O2S2. The molecule has 5 nitrogen and oxygen atoms in total. The van der Waals surface area contributed by atoms with Crippen LogP contribution in [0.1, 0.15) is 5.56 Å². The maximum absolute atomic E-state index is 12.5. The Balaban J connectivity index is 0.00000280. The van der Waals surface area contributed by atoms with Crippen molar-refractivity contribution in [3.8, 4) is 11.3 Å². The molecule has 2 aromatic carbocycles. The lowest BCUT2D eigenvalue weighted by Gasteiger charge is -2.14. The minimum Gasteiger partial charge on any atom is -0.320 e. The number of hydrogen-bond donors (Lipinski definition) is 0. The number of sulfonamides is 1. The topological polar surface area (TPSA) is 54.7 Å². The van der Waals surface area contributed by atoms with Crippen LogP contribution in [-0.2, 0) is 17.1 Å². The second-order valence-electron chi connectivity index (χ2n) is 6.29. The summed E-state index contributed by atoms with van der Waals surface area (Å²) in [6.45, 7) is 2.02. The van der Waals surface area contributed by atoms with E-state index in [1.165, 1.54) is 25.4 Å². The van der Waals surface area contributed by atoms with Crippen LogP contribution < -0.4 is 4.80 Å². The molecule has 28 heavy (non-hydrogen) atoms. The summed E-state index contributed by atoms with van der Waals surface area (Å²) >= 11 is 7.66. The second-order valence-corrected chi connectivity index (χ2v) is 9.66. The first-order chi connectivity index (χ1) is 12.7. The van der Waals surface area contributed by atoms with Crippen LogP contribution in [0.25, 0.3) is 11.3 Å². The number of benzene rings is 2. The van der Waals surface area contributed by atoms with Crippen molar-refractivity contribution in [1.29, 1.82) is 0 Å². The number of nitrogens with zero attached hydrogens (tertiary/aromatic N) is 3. The van der Waals surface area contributed by atoms with E-state index in [2.05, 4.69) is 0 Å². The van der Waals surface area contributed by atoms with E-state index in [-0.39, 0.29) is 26.9 Å². The zero-order valence-corrected chi connectivity index (χ0v) is 20.0. The average Bonchev–Trinajstić information content (AvgIpc) is 2.98. The van der Waals surface area contributed by atoms with Gasteiger partial charge in [-0.1, -0.05) is 35.9 Å². The molecule has 0 N–H and O–H groups in total. The smallest absolute Gasteiger partial charge is 0.244 e. The molecule has 0 radical (unpaired) electrons. The number of hydrogen-bond acceptors (Lipinski definition) is 4. The first-order valence-corrected chi connectivity index (χ1v) is 10.9. The minimum absolute atomic E-state index is 0. The van der Waals surface area contributed by atoms with E-state index >= 15 is 0 Å². The van der Waals surface area contributed by atoms with Crippen LogP contribution in [-0.4, -0.2) is 31.4 Å². The molecule has 0 amide bonds. The molecule has 0 unspecified atom stereocenters. The van der Waals surface area contributed by atoms with E-state index in [9.17, 15) is 8.42 Å². The predicted molar refractivity (Wildman–Crippen MR) is 121 cm³/mol. The zero-order chi connectivity index (χ0) is 19.8. The van der Waals surface area contributed by atoms with Crippen LogP contribution >= 0.6 is 39.9 Å². The summed E-state index contributed by atoms with van der Waals surface area (Å²) in [5.74, 6) is 0. The van der Waals surface area contributed by atoms with E-state index in [0.717, 1.165) is 31.6 Å². The highest BCUT2D eigenvalue weighted by molar-refractivity contribution is 8.93. The van der Waals surface area contributed by atoms with Gasteiger partial charge in [0.05, 0.1) is 16.4 Å². The van der Waals surface area contributed by atoms with Gasteiger partial charge in [-0.25, -0.2) is 17.7 Å². The molecule has 0 fully saturated rings. The van der Waals surface area contributed by atoms with E-state index in [1.54, 1.807) is 12.1 Å². The number of halogens is 2. The Morgan fingerprint density at radius 3 is 2.46 bits per heavy atom. The summed E-state index contributed by atoms with van der Waals surface area (Å²) in [5, 5.41) is 2.17. The lowest BCUT2D eigenvalue weighted by molar-refractivity contribution is 0.521. The van der Waals surface area contributed by atoms with Gasteiger partial charge < -0.3 is 4.57 Å². The van der Waals surface area contributed by atoms with Crippen molar-refractivity contribution < 1.29 is 8.42 Å². The van der Waals surface area contributed by atoms with Crippen molar-refractivity contribution in [2.45, 2.75) is 11.8 Å². The number of aryl methyl sites for hydroxylation is 1. The Bertz CT molecular complexity index is 1170. The van der Waals surface area contributed by atoms with Crippen LogP contribution in [0, 0.1) is 6.92 Å². The second kappa shape index (κ2) is 8.92. The van der Waals surface area contributed by atoms with Crippen LogP contribution in [0.2, 0.25) is 5.02 Å². The monoisotopic (exact) mass is 501 g/mol. The van der Waals surface area contributed by atoms with E-state index in [4.69, 9.17) is 16.6 Å². The van der Waals surface area contributed by atoms with Crippen molar-refractivity contribution >= 4 is 55.6 Å². The predicted octanol–water partition coefficient (Wildman–Crippen LogP) is 4.78. The van der Waals surface area contributed by atoms with Gasteiger partial charge in [-0.2, -0.15) is 0 Å². The lowest BCUT2D eigenvalue weighted by Crippen LogP contribution is -2.22. The molecule has 1 aromatic heterocycles. The number of thiazole rings is 1. The first-order valence-electron chi connectivity index (χ1n) is 8.19. The fourth-order valence-electron chi connectivity index (χ4n) is 2.58. The van der Waals surface area contributed by atoms with Crippen molar-refractivity contribution in [3.63, 3.8) is 0 Å². The molecule has 0 bridgehead atoms. The summed E-state index contributed by atoms with van der Waals surface area (Å²) in [4.78, 5) is 5.65. The van der Waals surface area contributed by atoms with Crippen molar-refractivity contribution in [2.24, 2.45) is 12.0 Å². The highest BCUT2D eigenvalue weighted by Gasteiger charge is 2.22. The molecule has 3 aromatic rings. The fourth-order valence-corrected chi connectivity index (χ4v) is 4.89. The Morgan fingerprint density at radius 1 is 1.14 bits per heavy atom. The maximum Gasteiger partial charge on any atom is 0.244 e. The summed E-state index contributed by atoms with van der Waals surface area (Å²) in [6, 6.07) is 13.0. The third-order valence-corrected chi connectivity index (χ3v) is 7.46. The highest BCUT2D eigenvalue weighted by atomic mass is 79.9. The summed E-state index contributed by atoms with van der Waals surface area (Å²) in [5.41, 5.74) is 3.65. The van der Waals surface area contributed by atoms with Gasteiger partial charge >= 0.3 is 0 Å². The van der Waals surface area contributed by atoms with Gasteiger partial charge in [0.1, 0.15) is 4.90 Å². The molecule has 0 aliphatic heterocycles. The third kappa shape index (κ3) is 4.41. The SMILES string of the molecule is Br.Cc1ccccc1N=c1scc(-c2ccc(Cl)c(S(=O)(=O)N(C)C)c2)n1C. The lowest BCUT2D eigenvalue weighted by atomic mass is 10.2. The maximum atomic E-state index is 12.5. The Kier molecular flexibility index (Phi) is 7.27. The standard InChI is InChI=1S/C19H20ClN3O2S2.BrH/c1-13-7-5-6-8-16(13)21-19-23(4)17(12-26-19)14-9-10-15(20)18(11-14)27(24,25)22(2)3;/h5-12H,1-4H3;1H. The molecule has 9 heteroatoms. The van der Waals surface area contributed by atoms with Crippen LogP contribution in [0.15, 0.2) is 57.7 Å². The Labute approximate surface area is 184 Å². The number of rotatable bonds is 4. The van der Waals surface area contributed by atoms with Crippen LogP contribution in [0.3, 0.4) is 0 Å². The van der Waals surface area contributed by atoms with Gasteiger partial charge in [-0.15, -0.1) is 28.3 Å². The quantitative estimate of drug-likeness (QED) is 0.516. The van der Waals surface area contributed by atoms with Gasteiger partial charge in [0.2, 0.25) is 10.0 Å². The van der Waals surface area contributed by atoms with Crippen LogP contribution in [0.4, 0.5) is 5.69 Å². The Morgan fingerprint density at radius 2 is 1.82 bits per heavy atom. The third-order valence-electron chi connectivity index (χ3n) is 4.24. The Hall–Kier alpha value is -1.45. The average molecular weight is 503 g/mol. The van der Waals surface area contributed by atoms with Gasteiger partial charge in [0.25, 0.3) is 0 Å². The van der Waals surface area contributed by atoms with Gasteiger partial charge in [-0.05, 0) is 30.7 Å².